The molecule has 29 heavy (non-hydrogen) atoms. The average molecular weight is 446 g/mol. The van der Waals surface area contributed by atoms with Crippen LogP contribution in [0.25, 0.3) is 0 Å². The first-order valence-electron chi connectivity index (χ1n) is 10.5. The second-order valence-electron chi connectivity index (χ2n) is 8.45. The van der Waals surface area contributed by atoms with Crippen molar-refractivity contribution in [3.8, 4) is 0 Å². The van der Waals surface area contributed by atoms with Crippen molar-refractivity contribution in [1.82, 2.24) is 5.32 Å². The summed E-state index contributed by atoms with van der Waals surface area (Å²) in [7, 11) is 0. The van der Waals surface area contributed by atoms with E-state index in [-0.39, 0.29) is 6.04 Å². The standard InChI is InChI=1S/C23H25Cl2N3S/c1-2-10-26-23(29)27-12-6-9-18-15(11-12)19-13-7-8-14(13)20(19)22(28-18)21-16(24)4-3-5-17(21)25/h3-6,9,11,13-14,19-20,22,28H,2,7-8,10H2,1H3,(H2,26,27,29). The van der Waals surface area contributed by atoms with Gasteiger partial charge in [0.2, 0.25) is 0 Å². The minimum Gasteiger partial charge on any atom is -0.378 e. The Kier molecular flexibility index (Phi) is 5.13. The molecule has 3 N–H and O–H groups in total. The molecule has 0 bridgehead atoms. The fourth-order valence-electron chi connectivity index (χ4n) is 5.57. The van der Waals surface area contributed by atoms with Crippen LogP contribution in [0.15, 0.2) is 36.4 Å². The number of fused-ring (bicyclic) bond motifs is 6. The molecule has 2 aromatic rings. The quantitative estimate of drug-likeness (QED) is 0.463. The molecule has 0 amide bonds. The lowest BCUT2D eigenvalue weighted by Gasteiger charge is -2.64. The molecule has 152 valence electrons. The second-order valence-corrected chi connectivity index (χ2v) is 9.67. The van der Waals surface area contributed by atoms with Gasteiger partial charge >= 0.3 is 0 Å². The molecule has 2 aromatic carbocycles. The van der Waals surface area contributed by atoms with Crippen LogP contribution < -0.4 is 16.0 Å². The van der Waals surface area contributed by atoms with Crippen molar-refractivity contribution in [2.75, 3.05) is 17.2 Å². The lowest BCUT2D eigenvalue weighted by molar-refractivity contribution is -0.0707. The molecular formula is C23H25Cl2N3S. The molecule has 1 heterocycles. The first-order chi connectivity index (χ1) is 14.1. The van der Waals surface area contributed by atoms with Gasteiger partial charge in [-0.25, -0.2) is 0 Å². The minimum atomic E-state index is 0.168. The maximum Gasteiger partial charge on any atom is 0.170 e. The van der Waals surface area contributed by atoms with Crippen LogP contribution in [0.2, 0.25) is 10.0 Å². The molecule has 2 saturated carbocycles. The van der Waals surface area contributed by atoms with Crippen LogP contribution in [0.3, 0.4) is 0 Å². The van der Waals surface area contributed by atoms with E-state index in [0.717, 1.165) is 46.1 Å². The summed E-state index contributed by atoms with van der Waals surface area (Å²) in [5.74, 6) is 2.65. The number of nitrogens with one attached hydrogen (secondary N) is 3. The first kappa shape index (κ1) is 19.5. The third-order valence-corrected chi connectivity index (χ3v) is 7.87. The highest BCUT2D eigenvalue weighted by Crippen LogP contribution is 2.69. The van der Waals surface area contributed by atoms with Gasteiger partial charge in [-0.05, 0) is 91.0 Å². The van der Waals surface area contributed by atoms with E-state index in [0.29, 0.717) is 16.9 Å². The van der Waals surface area contributed by atoms with Gasteiger partial charge in [0.25, 0.3) is 0 Å². The Morgan fingerprint density at radius 2 is 1.90 bits per heavy atom. The van der Waals surface area contributed by atoms with Crippen LogP contribution in [0.4, 0.5) is 11.4 Å². The monoisotopic (exact) mass is 445 g/mol. The number of thiocarbonyl (C=S) groups is 1. The van der Waals surface area contributed by atoms with E-state index >= 15 is 0 Å². The van der Waals surface area contributed by atoms with Crippen molar-refractivity contribution in [1.29, 1.82) is 0 Å². The van der Waals surface area contributed by atoms with E-state index in [1.165, 1.54) is 24.1 Å². The minimum absolute atomic E-state index is 0.168. The Bertz CT molecular complexity index is 943. The molecule has 6 heteroatoms. The van der Waals surface area contributed by atoms with Crippen molar-refractivity contribution in [2.45, 2.75) is 38.1 Å². The number of anilines is 2. The van der Waals surface area contributed by atoms with Gasteiger partial charge in [0.1, 0.15) is 0 Å². The highest BCUT2D eigenvalue weighted by Gasteiger charge is 2.60. The third kappa shape index (κ3) is 3.20. The predicted octanol–water partition coefficient (Wildman–Crippen LogP) is 6.60. The number of hydrogen-bond donors (Lipinski definition) is 3. The van der Waals surface area contributed by atoms with E-state index in [2.05, 4.69) is 41.1 Å². The molecule has 0 radical (unpaired) electrons. The molecule has 5 atom stereocenters. The Labute approximate surface area is 187 Å². The maximum atomic E-state index is 6.60. The van der Waals surface area contributed by atoms with Gasteiger partial charge in [-0.2, -0.15) is 0 Å². The number of rotatable bonds is 4. The lowest BCUT2D eigenvalue weighted by Crippen LogP contribution is -2.57. The molecule has 0 spiro atoms. The fraction of sp³-hybridized carbons (Fsp3) is 0.435. The highest BCUT2D eigenvalue weighted by molar-refractivity contribution is 7.80. The summed E-state index contributed by atoms with van der Waals surface area (Å²) in [5, 5.41) is 12.6. The van der Waals surface area contributed by atoms with Gasteiger partial charge in [0.15, 0.2) is 5.11 Å². The van der Waals surface area contributed by atoms with Crippen LogP contribution >= 0.6 is 35.4 Å². The van der Waals surface area contributed by atoms with Gasteiger partial charge < -0.3 is 16.0 Å². The molecule has 3 nitrogen and oxygen atoms in total. The zero-order valence-corrected chi connectivity index (χ0v) is 18.7. The normalized spacial score (nSPS) is 28.6. The van der Waals surface area contributed by atoms with Gasteiger partial charge in [-0.1, -0.05) is 36.2 Å². The zero-order valence-electron chi connectivity index (χ0n) is 16.3. The van der Waals surface area contributed by atoms with Crippen molar-refractivity contribution in [3.05, 3.63) is 57.6 Å². The molecule has 5 rings (SSSR count). The Morgan fingerprint density at radius 3 is 2.59 bits per heavy atom. The van der Waals surface area contributed by atoms with Crippen molar-refractivity contribution in [3.63, 3.8) is 0 Å². The third-order valence-electron chi connectivity index (χ3n) is 6.96. The lowest BCUT2D eigenvalue weighted by atomic mass is 9.42. The van der Waals surface area contributed by atoms with Crippen molar-refractivity contribution >= 4 is 51.9 Å². The van der Waals surface area contributed by atoms with Gasteiger partial charge in [0.05, 0.1) is 6.04 Å². The Morgan fingerprint density at radius 1 is 1.14 bits per heavy atom. The summed E-state index contributed by atoms with van der Waals surface area (Å²) >= 11 is 18.6. The molecule has 5 unspecified atom stereocenters. The summed E-state index contributed by atoms with van der Waals surface area (Å²) in [6.07, 6.45) is 3.68. The number of hydrogen-bond acceptors (Lipinski definition) is 2. The fourth-order valence-corrected chi connectivity index (χ4v) is 6.42. The van der Waals surface area contributed by atoms with Crippen LogP contribution in [-0.2, 0) is 0 Å². The zero-order chi connectivity index (χ0) is 20.1. The van der Waals surface area contributed by atoms with Crippen LogP contribution in [-0.4, -0.2) is 11.7 Å². The number of halogens is 2. The number of benzene rings is 2. The average Bonchev–Trinajstić information content (AvgIpc) is 2.67. The molecule has 2 fully saturated rings. The summed E-state index contributed by atoms with van der Waals surface area (Å²) in [6, 6.07) is 12.5. The predicted molar refractivity (Wildman–Crippen MR) is 126 cm³/mol. The topological polar surface area (TPSA) is 36.1 Å². The summed E-state index contributed by atoms with van der Waals surface area (Å²) in [6.45, 7) is 3.01. The van der Waals surface area contributed by atoms with Crippen LogP contribution in [0.5, 0.6) is 0 Å². The Balaban J connectivity index is 1.47. The molecule has 0 saturated heterocycles. The maximum absolute atomic E-state index is 6.60. The van der Waals surface area contributed by atoms with E-state index in [4.69, 9.17) is 35.4 Å². The molecule has 2 aliphatic carbocycles. The van der Waals surface area contributed by atoms with E-state index in [1.54, 1.807) is 0 Å². The van der Waals surface area contributed by atoms with Crippen LogP contribution in [0.1, 0.15) is 49.3 Å². The van der Waals surface area contributed by atoms with E-state index in [1.807, 2.05) is 18.2 Å². The summed E-state index contributed by atoms with van der Waals surface area (Å²) in [5.41, 5.74) is 4.69. The highest BCUT2D eigenvalue weighted by atomic mass is 35.5. The van der Waals surface area contributed by atoms with Gasteiger partial charge in [-0.3, -0.25) is 0 Å². The smallest absolute Gasteiger partial charge is 0.170 e. The molecule has 0 aromatic heterocycles. The van der Waals surface area contributed by atoms with Gasteiger partial charge in [0, 0.05) is 33.5 Å². The second kappa shape index (κ2) is 7.64. The molecular weight excluding hydrogens is 421 g/mol. The molecule has 1 aliphatic heterocycles. The molecule has 3 aliphatic rings. The largest absolute Gasteiger partial charge is 0.378 e. The summed E-state index contributed by atoms with van der Waals surface area (Å²) in [4.78, 5) is 0. The van der Waals surface area contributed by atoms with E-state index in [9.17, 15) is 0 Å². The Hall–Kier alpha value is -1.49. The van der Waals surface area contributed by atoms with Gasteiger partial charge in [-0.15, -0.1) is 0 Å². The summed E-state index contributed by atoms with van der Waals surface area (Å²) < 4.78 is 0. The van der Waals surface area contributed by atoms with Crippen LogP contribution in [0, 0.1) is 17.8 Å². The van der Waals surface area contributed by atoms with Crippen molar-refractivity contribution < 1.29 is 0 Å². The SMILES string of the molecule is CCCNC(=S)Nc1ccc2c(c1)C1C3CCC3C1C(c1c(Cl)cccc1Cl)N2. The first-order valence-corrected chi connectivity index (χ1v) is 11.6. The van der Waals surface area contributed by atoms with Crippen molar-refractivity contribution in [2.24, 2.45) is 17.8 Å². The van der Waals surface area contributed by atoms with E-state index < -0.39 is 0 Å².